The number of esters is 1. The highest BCUT2D eigenvalue weighted by molar-refractivity contribution is 5.94. The fourth-order valence-corrected chi connectivity index (χ4v) is 2.56. The number of rotatable bonds is 8. The summed E-state index contributed by atoms with van der Waals surface area (Å²) in [5, 5.41) is 0.382. The van der Waals surface area contributed by atoms with E-state index in [0.717, 1.165) is 0 Å². The van der Waals surface area contributed by atoms with Crippen LogP contribution < -0.4 is 14.9 Å². The number of aromatic nitrogens is 1. The SMILES string of the molecule is CCOC(=O)c1c[nH]c2cc(OCC3CC3)c(OCC(C)C)cc2c1=O. The predicted molar refractivity (Wildman–Crippen MR) is 99.1 cm³/mol. The summed E-state index contributed by atoms with van der Waals surface area (Å²) in [6.45, 7) is 7.19. The van der Waals surface area contributed by atoms with Gasteiger partial charge in [-0.3, -0.25) is 4.79 Å². The number of carbonyl (C=O) groups is 1. The zero-order valence-corrected chi connectivity index (χ0v) is 15.5. The van der Waals surface area contributed by atoms with Crippen molar-refractivity contribution in [1.29, 1.82) is 0 Å². The van der Waals surface area contributed by atoms with Crippen molar-refractivity contribution in [3.05, 3.63) is 34.1 Å². The lowest BCUT2D eigenvalue weighted by molar-refractivity contribution is 0.0524. The maximum atomic E-state index is 12.7. The molecule has 3 rings (SSSR count). The Kier molecular flexibility index (Phi) is 5.49. The standard InChI is InChI=1S/C20H25NO5/c1-4-24-20(23)15-9-21-16-8-18(26-11-13-5-6-13)17(25-10-12(2)3)7-14(16)19(15)22/h7-9,12-13H,4-6,10-11H2,1-3H3,(H,21,22). The first-order valence-corrected chi connectivity index (χ1v) is 9.11. The van der Waals surface area contributed by atoms with Crippen LogP contribution in [0.3, 0.4) is 0 Å². The zero-order valence-electron chi connectivity index (χ0n) is 15.5. The quantitative estimate of drug-likeness (QED) is 0.730. The van der Waals surface area contributed by atoms with E-state index in [-0.39, 0.29) is 17.6 Å². The van der Waals surface area contributed by atoms with Gasteiger partial charge in [-0.25, -0.2) is 4.79 Å². The Hall–Kier alpha value is -2.50. The minimum absolute atomic E-state index is 0.0131. The molecule has 0 atom stereocenters. The van der Waals surface area contributed by atoms with Crippen molar-refractivity contribution in [3.63, 3.8) is 0 Å². The molecule has 0 radical (unpaired) electrons. The number of fused-ring (bicyclic) bond motifs is 1. The summed E-state index contributed by atoms with van der Waals surface area (Å²) < 4.78 is 16.7. The van der Waals surface area contributed by atoms with Gasteiger partial charge in [0.25, 0.3) is 0 Å². The molecular weight excluding hydrogens is 334 g/mol. The van der Waals surface area contributed by atoms with Crippen LogP contribution in [0.15, 0.2) is 23.1 Å². The molecule has 0 saturated heterocycles. The molecule has 26 heavy (non-hydrogen) atoms. The molecular formula is C20H25NO5. The summed E-state index contributed by atoms with van der Waals surface area (Å²) in [7, 11) is 0. The summed E-state index contributed by atoms with van der Waals surface area (Å²) in [6, 6.07) is 3.42. The lowest BCUT2D eigenvalue weighted by Gasteiger charge is -2.15. The molecule has 1 aromatic carbocycles. The summed E-state index contributed by atoms with van der Waals surface area (Å²) >= 11 is 0. The molecule has 0 amide bonds. The van der Waals surface area contributed by atoms with Crippen LogP contribution in [-0.2, 0) is 4.74 Å². The Morgan fingerprint density at radius 1 is 1.23 bits per heavy atom. The second-order valence-electron chi connectivity index (χ2n) is 7.06. The number of ether oxygens (including phenoxy) is 3. The van der Waals surface area contributed by atoms with Crippen LogP contribution >= 0.6 is 0 Å². The van der Waals surface area contributed by atoms with E-state index in [4.69, 9.17) is 14.2 Å². The average Bonchev–Trinajstić information content (AvgIpc) is 3.43. The normalized spacial score (nSPS) is 13.8. The van der Waals surface area contributed by atoms with Crippen molar-refractivity contribution in [2.45, 2.75) is 33.6 Å². The van der Waals surface area contributed by atoms with E-state index in [1.807, 2.05) is 0 Å². The third-order valence-corrected chi connectivity index (χ3v) is 4.18. The first kappa shape index (κ1) is 18.3. The molecule has 140 valence electrons. The van der Waals surface area contributed by atoms with E-state index in [1.165, 1.54) is 19.0 Å². The molecule has 0 spiro atoms. The molecule has 0 bridgehead atoms. The van der Waals surface area contributed by atoms with Crippen molar-refractivity contribution < 1.29 is 19.0 Å². The van der Waals surface area contributed by atoms with Crippen molar-refractivity contribution in [1.82, 2.24) is 4.98 Å². The van der Waals surface area contributed by atoms with Gasteiger partial charge in [-0.1, -0.05) is 13.8 Å². The van der Waals surface area contributed by atoms with Gasteiger partial charge in [0.05, 0.1) is 30.7 Å². The number of hydrogen-bond acceptors (Lipinski definition) is 5. The Morgan fingerprint density at radius 3 is 2.62 bits per heavy atom. The lowest BCUT2D eigenvalue weighted by Crippen LogP contribution is -2.18. The molecule has 1 aromatic heterocycles. The van der Waals surface area contributed by atoms with Crippen molar-refractivity contribution in [3.8, 4) is 11.5 Å². The highest BCUT2D eigenvalue weighted by Crippen LogP contribution is 2.35. The maximum absolute atomic E-state index is 12.7. The number of nitrogens with one attached hydrogen (secondary N) is 1. The molecule has 1 N–H and O–H groups in total. The van der Waals surface area contributed by atoms with Gasteiger partial charge in [-0.2, -0.15) is 0 Å². The minimum Gasteiger partial charge on any atom is -0.489 e. The van der Waals surface area contributed by atoms with Gasteiger partial charge in [0.1, 0.15) is 5.56 Å². The number of benzene rings is 1. The number of H-pyrrole nitrogens is 1. The molecule has 1 aliphatic rings. The van der Waals surface area contributed by atoms with E-state index in [2.05, 4.69) is 18.8 Å². The maximum Gasteiger partial charge on any atom is 0.343 e. The number of hydrogen-bond donors (Lipinski definition) is 1. The summed E-state index contributed by atoms with van der Waals surface area (Å²) in [5.41, 5.74) is 0.215. The molecule has 1 heterocycles. The van der Waals surface area contributed by atoms with Crippen LogP contribution in [-0.4, -0.2) is 30.8 Å². The lowest BCUT2D eigenvalue weighted by atomic mass is 10.1. The largest absolute Gasteiger partial charge is 0.489 e. The van der Waals surface area contributed by atoms with Gasteiger partial charge in [0.2, 0.25) is 5.43 Å². The first-order chi connectivity index (χ1) is 12.5. The number of carbonyl (C=O) groups excluding carboxylic acids is 1. The van der Waals surface area contributed by atoms with Crippen molar-refractivity contribution in [2.75, 3.05) is 19.8 Å². The molecule has 0 aliphatic heterocycles. The van der Waals surface area contributed by atoms with Crippen LogP contribution in [0.1, 0.15) is 44.0 Å². The fraction of sp³-hybridized carbons (Fsp3) is 0.500. The van der Waals surface area contributed by atoms with Gasteiger partial charge in [-0.05, 0) is 37.7 Å². The average molecular weight is 359 g/mol. The van der Waals surface area contributed by atoms with Gasteiger partial charge in [-0.15, -0.1) is 0 Å². The Balaban J connectivity index is 2.00. The van der Waals surface area contributed by atoms with Crippen LogP contribution in [0, 0.1) is 11.8 Å². The first-order valence-electron chi connectivity index (χ1n) is 9.11. The summed E-state index contributed by atoms with van der Waals surface area (Å²) in [5.74, 6) is 1.46. The highest BCUT2D eigenvalue weighted by atomic mass is 16.5. The summed E-state index contributed by atoms with van der Waals surface area (Å²) in [6.07, 6.45) is 3.77. The molecule has 6 nitrogen and oxygen atoms in total. The van der Waals surface area contributed by atoms with Crippen LogP contribution in [0.4, 0.5) is 0 Å². The Bertz CT molecular complexity index is 851. The fourth-order valence-electron chi connectivity index (χ4n) is 2.56. The van der Waals surface area contributed by atoms with Gasteiger partial charge < -0.3 is 19.2 Å². The minimum atomic E-state index is -0.630. The molecule has 1 aliphatic carbocycles. The van der Waals surface area contributed by atoms with Gasteiger partial charge in [0.15, 0.2) is 11.5 Å². The van der Waals surface area contributed by atoms with Gasteiger partial charge >= 0.3 is 5.97 Å². The van der Waals surface area contributed by atoms with E-state index in [9.17, 15) is 9.59 Å². The Morgan fingerprint density at radius 2 is 1.96 bits per heavy atom. The van der Waals surface area contributed by atoms with Crippen LogP contribution in [0.2, 0.25) is 0 Å². The number of aromatic amines is 1. The van der Waals surface area contributed by atoms with Crippen LogP contribution in [0.25, 0.3) is 10.9 Å². The second-order valence-corrected chi connectivity index (χ2v) is 7.06. The van der Waals surface area contributed by atoms with E-state index >= 15 is 0 Å². The molecule has 1 fully saturated rings. The molecule has 2 aromatic rings. The van der Waals surface area contributed by atoms with E-state index < -0.39 is 5.97 Å². The Labute approximate surface area is 152 Å². The molecule has 0 unspecified atom stereocenters. The van der Waals surface area contributed by atoms with Gasteiger partial charge in [0, 0.05) is 12.3 Å². The summed E-state index contributed by atoms with van der Waals surface area (Å²) in [4.78, 5) is 27.7. The monoisotopic (exact) mass is 359 g/mol. The highest BCUT2D eigenvalue weighted by Gasteiger charge is 2.23. The number of pyridine rings is 1. The van der Waals surface area contributed by atoms with Crippen molar-refractivity contribution >= 4 is 16.9 Å². The van der Waals surface area contributed by atoms with E-state index in [1.54, 1.807) is 19.1 Å². The molecule has 6 heteroatoms. The third-order valence-electron chi connectivity index (χ3n) is 4.18. The zero-order chi connectivity index (χ0) is 18.7. The van der Waals surface area contributed by atoms with E-state index in [0.29, 0.717) is 47.5 Å². The molecule has 1 saturated carbocycles. The second kappa shape index (κ2) is 7.81. The predicted octanol–water partition coefficient (Wildman–Crippen LogP) is 3.53. The topological polar surface area (TPSA) is 77.6 Å². The van der Waals surface area contributed by atoms with Crippen LogP contribution in [0.5, 0.6) is 11.5 Å². The smallest absolute Gasteiger partial charge is 0.343 e. The van der Waals surface area contributed by atoms with Crippen molar-refractivity contribution in [2.24, 2.45) is 11.8 Å². The third kappa shape index (κ3) is 4.18.